The number of nitrogens with zero attached hydrogens (tertiary/aromatic N) is 2. The maximum absolute atomic E-state index is 5.20. The van der Waals surface area contributed by atoms with Crippen LogP contribution in [-0.2, 0) is 12.8 Å². The van der Waals surface area contributed by atoms with Crippen LogP contribution in [0.2, 0.25) is 0 Å². The molecule has 3 aromatic rings. The summed E-state index contributed by atoms with van der Waals surface area (Å²) in [5.41, 5.74) is 18.1. The molecular weight excluding hydrogens is 833 g/mol. The summed E-state index contributed by atoms with van der Waals surface area (Å²) in [6.45, 7) is 15.6. The number of allylic oxidation sites excluding steroid dienone is 4. The molecule has 5 heterocycles. The Labute approximate surface area is 269 Å². The number of aryl methyl sites for hydroxylation is 3. The van der Waals surface area contributed by atoms with Crippen LogP contribution < -0.4 is 13.3 Å². The molecule has 0 amide bonds. The molecular formula is C33H40I3N4-. The van der Waals surface area contributed by atoms with E-state index in [-0.39, 0.29) is 0 Å². The molecule has 0 saturated heterocycles. The van der Waals surface area contributed by atoms with E-state index in [0.29, 0.717) is 13.3 Å². The molecule has 7 heteroatoms. The summed E-state index contributed by atoms with van der Waals surface area (Å²) >= 11 is 5.30. The Kier molecular flexibility index (Phi) is 11.3. The number of H-pyrrole nitrogens is 2. The van der Waals surface area contributed by atoms with Crippen LogP contribution >= 0.6 is 37.2 Å². The van der Waals surface area contributed by atoms with Crippen molar-refractivity contribution in [1.82, 2.24) is 19.9 Å². The van der Waals surface area contributed by atoms with Crippen molar-refractivity contribution < 1.29 is 13.3 Å². The van der Waals surface area contributed by atoms with E-state index in [1.807, 2.05) is 0 Å². The topological polar surface area (TPSA) is 57.4 Å². The van der Waals surface area contributed by atoms with Crippen LogP contribution in [0.25, 0.3) is 44.4 Å². The average Bonchev–Trinajstić information content (AvgIpc) is 3.62. The third-order valence-corrected chi connectivity index (χ3v) is 8.05. The monoisotopic (exact) mass is 873 g/mol. The number of aromatic amines is 2. The second-order valence-corrected chi connectivity index (χ2v) is 26.8. The van der Waals surface area contributed by atoms with Crippen molar-refractivity contribution in [3.05, 3.63) is 69.8 Å². The number of fused-ring (bicyclic) bond motifs is 8. The first-order valence-corrected chi connectivity index (χ1v) is 26.9. The van der Waals surface area contributed by atoms with E-state index >= 15 is 0 Å². The molecule has 0 spiro atoms. The minimum absolute atomic E-state index is 0.530. The van der Waals surface area contributed by atoms with Gasteiger partial charge in [-0.25, -0.2) is 9.97 Å². The fourth-order valence-corrected chi connectivity index (χ4v) is 5.90. The van der Waals surface area contributed by atoms with Crippen LogP contribution in [0.4, 0.5) is 0 Å². The van der Waals surface area contributed by atoms with Gasteiger partial charge in [-0.3, -0.25) is 0 Å². The summed E-state index contributed by atoms with van der Waals surface area (Å²) in [5, 5.41) is 0. The van der Waals surface area contributed by atoms with Crippen molar-refractivity contribution in [3.8, 4) is 0 Å². The number of hydrogen-bond acceptors (Lipinski definition) is 2. The molecule has 0 aromatic carbocycles. The van der Waals surface area contributed by atoms with E-state index < -0.39 is 0 Å². The first-order valence-electron chi connectivity index (χ1n) is 14.3. The summed E-state index contributed by atoms with van der Waals surface area (Å²) in [7, 11) is 0. The van der Waals surface area contributed by atoms with Crippen molar-refractivity contribution in [2.24, 2.45) is 0 Å². The Hall–Kier alpha value is -1.21. The molecule has 214 valence electrons. The van der Waals surface area contributed by atoms with Crippen molar-refractivity contribution in [1.29, 1.82) is 0 Å². The predicted octanol–water partition coefficient (Wildman–Crippen LogP) is 7.99. The van der Waals surface area contributed by atoms with Crippen LogP contribution in [-0.4, -0.2) is 19.9 Å². The van der Waals surface area contributed by atoms with Crippen LogP contribution in [0.15, 0.2) is 30.3 Å². The molecule has 0 fully saturated rings. The third-order valence-electron chi connectivity index (χ3n) is 8.05. The molecule has 4 nitrogen and oxygen atoms in total. The van der Waals surface area contributed by atoms with Crippen LogP contribution in [0.1, 0.15) is 107 Å². The number of nitrogens with one attached hydrogen (secondary N) is 2. The second kappa shape index (κ2) is 14.3. The number of halogens is 3. The zero-order valence-corrected chi connectivity index (χ0v) is 31.1. The Balaban J connectivity index is 0.00000118. The molecule has 2 aliphatic rings. The minimum atomic E-state index is 0.530. The predicted molar refractivity (Wildman–Crippen MR) is 187 cm³/mol. The molecule has 2 N–H and O–H groups in total. The van der Waals surface area contributed by atoms with Crippen LogP contribution in [0.3, 0.4) is 0 Å². The fourth-order valence-electron chi connectivity index (χ4n) is 5.90. The zero-order chi connectivity index (χ0) is 29.0. The van der Waals surface area contributed by atoms with E-state index in [2.05, 4.69) is 126 Å². The van der Waals surface area contributed by atoms with Gasteiger partial charge in [0, 0.05) is 22.1 Å². The first-order chi connectivity index (χ1) is 19.3. The maximum atomic E-state index is 5.20. The quantitative estimate of drug-likeness (QED) is 0.247. The first kappa shape index (κ1) is 31.7. The third kappa shape index (κ3) is 6.55. The molecule has 40 heavy (non-hydrogen) atoms. The Morgan fingerprint density at radius 2 is 1.25 bits per heavy atom. The van der Waals surface area contributed by atoms with Gasteiger partial charge in [0.15, 0.2) is 0 Å². The van der Waals surface area contributed by atoms with Crippen LogP contribution in [0, 0.1) is 6.92 Å². The van der Waals surface area contributed by atoms with Crippen molar-refractivity contribution in [3.63, 3.8) is 0 Å². The Morgan fingerprint density at radius 3 is 1.88 bits per heavy atom. The average molecular weight is 873 g/mol. The van der Waals surface area contributed by atoms with Gasteiger partial charge in [-0.05, 0) is 116 Å². The van der Waals surface area contributed by atoms with Gasteiger partial charge >= 0.3 is 50.5 Å². The van der Waals surface area contributed by atoms with Crippen LogP contribution in [0.5, 0.6) is 0 Å². The molecule has 0 aliphatic carbocycles. The Bertz CT molecular complexity index is 1620. The normalized spacial score (nSPS) is 13.2. The Morgan fingerprint density at radius 1 is 0.650 bits per heavy atom. The van der Waals surface area contributed by atoms with Crippen molar-refractivity contribution in [2.45, 2.75) is 87.0 Å². The second-order valence-electron chi connectivity index (χ2n) is 10.5. The van der Waals surface area contributed by atoms with E-state index in [0.717, 1.165) is 72.3 Å². The van der Waals surface area contributed by atoms with Gasteiger partial charge in [0.25, 0.3) is 0 Å². The summed E-state index contributed by atoms with van der Waals surface area (Å²) < 4.78 is 0. The molecule has 0 atom stereocenters. The molecule has 5 rings (SSSR count). The standard InChI is InChI=1S/C33H40N4.I3/c1-8-12-25-20(6)27-15-23-14-22(10-3)30(34-23)16-28-19(5)24(11-4)31(36-28)17-29-21(7)26(13-9-2)33(37-29)18-32(25)35-27;1-3-2/h14-18,34-35H,8-13H2,1-7H3;/q;-1. The van der Waals surface area contributed by atoms with E-state index in [1.165, 1.54) is 50.0 Å². The van der Waals surface area contributed by atoms with Crippen molar-refractivity contribution in [2.75, 3.05) is 0 Å². The molecule has 2 aliphatic heterocycles. The van der Waals surface area contributed by atoms with Gasteiger partial charge in [-0.2, -0.15) is 0 Å². The molecule has 0 radical (unpaired) electrons. The molecule has 3 aromatic heterocycles. The molecule has 8 bridgehead atoms. The molecule has 0 saturated carbocycles. The number of hydrogen-bond donors (Lipinski definition) is 2. The summed E-state index contributed by atoms with van der Waals surface area (Å²) in [6.07, 6.45) is 6.20. The number of aromatic nitrogens is 4. The van der Waals surface area contributed by atoms with Gasteiger partial charge in [0.05, 0.1) is 22.8 Å². The van der Waals surface area contributed by atoms with Gasteiger partial charge in [-0.1, -0.05) is 40.5 Å². The van der Waals surface area contributed by atoms with Gasteiger partial charge in [0.2, 0.25) is 0 Å². The van der Waals surface area contributed by atoms with Gasteiger partial charge in [0.1, 0.15) is 0 Å². The zero-order valence-electron chi connectivity index (χ0n) is 24.7. The SMILES string of the molecule is CCCC1=C(C)c2cc3nc(cc4[nH]c(cc4CC)cc4[nH]c(cc1n2)c(CCC)c4C)C(C)=C3CC.I[I-]I. The number of rotatable bonds is 6. The summed E-state index contributed by atoms with van der Waals surface area (Å²) in [6, 6.07) is 11.3. The van der Waals surface area contributed by atoms with Gasteiger partial charge in [-0.15, -0.1) is 0 Å². The fraction of sp³-hybridized carbons (Fsp3) is 0.394. The van der Waals surface area contributed by atoms with E-state index in [9.17, 15) is 0 Å². The molecule has 0 unspecified atom stereocenters. The summed E-state index contributed by atoms with van der Waals surface area (Å²) in [5.74, 6) is 0. The van der Waals surface area contributed by atoms with Gasteiger partial charge < -0.3 is 9.97 Å². The summed E-state index contributed by atoms with van der Waals surface area (Å²) in [4.78, 5) is 17.8. The van der Waals surface area contributed by atoms with Crippen molar-refractivity contribution >= 4 is 81.6 Å². The van der Waals surface area contributed by atoms with E-state index in [1.54, 1.807) is 0 Å². The van der Waals surface area contributed by atoms with E-state index in [4.69, 9.17) is 9.97 Å².